The van der Waals surface area contributed by atoms with Crippen LogP contribution >= 0.6 is 11.6 Å². The van der Waals surface area contributed by atoms with Crippen molar-refractivity contribution < 1.29 is 4.79 Å². The maximum absolute atomic E-state index is 12.4. The maximum atomic E-state index is 12.4. The fourth-order valence-electron chi connectivity index (χ4n) is 2.51. The lowest BCUT2D eigenvalue weighted by molar-refractivity contribution is 0.0934. The van der Waals surface area contributed by atoms with Crippen molar-refractivity contribution in [3.63, 3.8) is 0 Å². The van der Waals surface area contributed by atoms with Gasteiger partial charge in [-0.05, 0) is 30.2 Å². The number of imidazole rings is 1. The molecular formula is C19H18ClN3O. The van der Waals surface area contributed by atoms with Crippen molar-refractivity contribution in [3.05, 3.63) is 77.2 Å². The summed E-state index contributed by atoms with van der Waals surface area (Å²) in [5.74, 6) is 0.578. The van der Waals surface area contributed by atoms with Gasteiger partial charge in [0.2, 0.25) is 0 Å². The Morgan fingerprint density at radius 1 is 1.21 bits per heavy atom. The van der Waals surface area contributed by atoms with Crippen LogP contribution in [0.5, 0.6) is 0 Å². The minimum absolute atomic E-state index is 0.165. The molecule has 0 bridgehead atoms. The first kappa shape index (κ1) is 16.3. The number of nitrogens with one attached hydrogen (secondary N) is 2. The van der Waals surface area contributed by atoms with Crippen molar-refractivity contribution >= 4 is 17.5 Å². The first-order valence-corrected chi connectivity index (χ1v) is 8.22. The van der Waals surface area contributed by atoms with Crippen molar-refractivity contribution in [3.8, 4) is 11.3 Å². The Hall–Kier alpha value is -2.59. The van der Waals surface area contributed by atoms with Gasteiger partial charge in [-0.1, -0.05) is 54.9 Å². The zero-order chi connectivity index (χ0) is 16.9. The number of hydrogen-bond acceptors (Lipinski definition) is 2. The van der Waals surface area contributed by atoms with Gasteiger partial charge in [-0.3, -0.25) is 4.79 Å². The number of carbonyl (C=O) groups excluding carboxylic acids is 1. The van der Waals surface area contributed by atoms with Crippen LogP contribution < -0.4 is 5.32 Å². The molecule has 0 aliphatic heterocycles. The van der Waals surface area contributed by atoms with E-state index in [4.69, 9.17) is 11.6 Å². The lowest BCUT2D eigenvalue weighted by atomic mass is 10.1. The van der Waals surface area contributed by atoms with E-state index in [0.717, 1.165) is 23.5 Å². The van der Waals surface area contributed by atoms with Crippen LogP contribution in [0.25, 0.3) is 11.3 Å². The standard InChI is InChI=1S/C19H18ClN3O/c1-2-16(23-19(24)14-9-6-10-15(20)11-14)18-21-12-17(22-18)13-7-4-3-5-8-13/h3-12,16H,2H2,1H3,(H,21,22)(H,23,24). The molecule has 0 aliphatic carbocycles. The Labute approximate surface area is 145 Å². The molecule has 1 aromatic heterocycles. The van der Waals surface area contributed by atoms with Gasteiger partial charge in [0.05, 0.1) is 17.9 Å². The molecular weight excluding hydrogens is 322 g/mol. The second kappa shape index (κ2) is 7.32. The second-order valence-corrected chi connectivity index (χ2v) is 5.93. The normalized spacial score (nSPS) is 11.9. The third-order valence-electron chi connectivity index (χ3n) is 3.81. The average molecular weight is 340 g/mol. The van der Waals surface area contributed by atoms with Crippen molar-refractivity contribution in [2.75, 3.05) is 0 Å². The largest absolute Gasteiger partial charge is 0.342 e. The third kappa shape index (κ3) is 3.66. The van der Waals surface area contributed by atoms with Crippen LogP contribution in [0.3, 0.4) is 0 Å². The van der Waals surface area contributed by atoms with E-state index < -0.39 is 0 Å². The number of halogens is 1. The molecule has 0 spiro atoms. The van der Waals surface area contributed by atoms with E-state index in [9.17, 15) is 4.79 Å². The smallest absolute Gasteiger partial charge is 0.251 e. The summed E-state index contributed by atoms with van der Waals surface area (Å²) < 4.78 is 0. The predicted octanol–water partition coefficient (Wildman–Crippen LogP) is 4.61. The summed E-state index contributed by atoms with van der Waals surface area (Å²) in [5.41, 5.74) is 2.53. The Kier molecular flexibility index (Phi) is 4.96. The summed E-state index contributed by atoms with van der Waals surface area (Å²) in [6.45, 7) is 2.01. The van der Waals surface area contributed by atoms with E-state index in [-0.39, 0.29) is 11.9 Å². The molecule has 1 heterocycles. The van der Waals surface area contributed by atoms with E-state index in [2.05, 4.69) is 15.3 Å². The van der Waals surface area contributed by atoms with E-state index in [0.29, 0.717) is 10.6 Å². The quantitative estimate of drug-likeness (QED) is 0.713. The highest BCUT2D eigenvalue weighted by Gasteiger charge is 2.17. The summed E-state index contributed by atoms with van der Waals surface area (Å²) in [4.78, 5) is 20.1. The first-order valence-electron chi connectivity index (χ1n) is 7.84. The first-order chi connectivity index (χ1) is 11.7. The highest BCUT2D eigenvalue weighted by atomic mass is 35.5. The Morgan fingerprint density at radius 2 is 2.00 bits per heavy atom. The van der Waals surface area contributed by atoms with Crippen LogP contribution in [0.4, 0.5) is 0 Å². The number of H-pyrrole nitrogens is 1. The summed E-state index contributed by atoms with van der Waals surface area (Å²) in [7, 11) is 0. The van der Waals surface area contributed by atoms with E-state index in [1.165, 1.54) is 0 Å². The van der Waals surface area contributed by atoms with Gasteiger partial charge in [-0.25, -0.2) is 4.98 Å². The van der Waals surface area contributed by atoms with Gasteiger partial charge in [0.25, 0.3) is 5.91 Å². The van der Waals surface area contributed by atoms with Gasteiger partial charge in [0.15, 0.2) is 0 Å². The molecule has 3 aromatic rings. The topological polar surface area (TPSA) is 57.8 Å². The predicted molar refractivity (Wildman–Crippen MR) is 96.0 cm³/mol. The highest BCUT2D eigenvalue weighted by Crippen LogP contribution is 2.21. The SMILES string of the molecule is CCC(NC(=O)c1cccc(Cl)c1)c1ncc(-c2ccccc2)[nH]1. The molecule has 2 aromatic carbocycles. The van der Waals surface area contributed by atoms with Gasteiger partial charge in [0, 0.05) is 10.6 Å². The molecule has 0 saturated heterocycles. The van der Waals surface area contributed by atoms with Gasteiger partial charge in [-0.2, -0.15) is 0 Å². The fraction of sp³-hybridized carbons (Fsp3) is 0.158. The highest BCUT2D eigenvalue weighted by molar-refractivity contribution is 6.30. The molecule has 122 valence electrons. The van der Waals surface area contributed by atoms with Crippen LogP contribution in [0.15, 0.2) is 60.8 Å². The molecule has 3 rings (SSSR count). The monoisotopic (exact) mass is 339 g/mol. The van der Waals surface area contributed by atoms with Gasteiger partial charge in [-0.15, -0.1) is 0 Å². The number of aromatic nitrogens is 2. The van der Waals surface area contributed by atoms with Gasteiger partial charge in [0.1, 0.15) is 5.82 Å². The lowest BCUT2D eigenvalue weighted by Gasteiger charge is -2.15. The molecule has 1 unspecified atom stereocenters. The van der Waals surface area contributed by atoms with E-state index in [1.807, 2.05) is 37.3 Å². The molecule has 0 fully saturated rings. The fourth-order valence-corrected chi connectivity index (χ4v) is 2.70. The summed E-state index contributed by atoms with van der Waals surface area (Å²) >= 11 is 5.95. The maximum Gasteiger partial charge on any atom is 0.251 e. The summed E-state index contributed by atoms with van der Waals surface area (Å²) in [5, 5.41) is 3.54. The summed E-state index contributed by atoms with van der Waals surface area (Å²) in [6, 6.07) is 16.7. The van der Waals surface area contributed by atoms with Crippen molar-refractivity contribution in [1.29, 1.82) is 0 Å². The second-order valence-electron chi connectivity index (χ2n) is 5.49. The minimum atomic E-state index is -0.186. The molecule has 4 nitrogen and oxygen atoms in total. The Morgan fingerprint density at radius 3 is 2.71 bits per heavy atom. The number of aromatic amines is 1. The lowest BCUT2D eigenvalue weighted by Crippen LogP contribution is -2.28. The van der Waals surface area contributed by atoms with E-state index >= 15 is 0 Å². The number of benzene rings is 2. The van der Waals surface area contributed by atoms with Crippen molar-refractivity contribution in [1.82, 2.24) is 15.3 Å². The van der Waals surface area contributed by atoms with Gasteiger partial charge >= 0.3 is 0 Å². The van der Waals surface area contributed by atoms with Crippen LogP contribution in [-0.4, -0.2) is 15.9 Å². The number of carbonyl (C=O) groups is 1. The Balaban J connectivity index is 1.77. The summed E-state index contributed by atoms with van der Waals surface area (Å²) in [6.07, 6.45) is 2.52. The molecule has 0 radical (unpaired) electrons. The molecule has 24 heavy (non-hydrogen) atoms. The number of hydrogen-bond donors (Lipinski definition) is 2. The number of rotatable bonds is 5. The van der Waals surface area contributed by atoms with Crippen LogP contribution in [-0.2, 0) is 0 Å². The third-order valence-corrected chi connectivity index (χ3v) is 4.05. The molecule has 5 heteroatoms. The number of nitrogens with zero attached hydrogens (tertiary/aromatic N) is 1. The van der Waals surface area contributed by atoms with Crippen molar-refractivity contribution in [2.24, 2.45) is 0 Å². The number of amides is 1. The average Bonchev–Trinajstić information content (AvgIpc) is 3.10. The molecule has 1 atom stereocenters. The van der Waals surface area contributed by atoms with E-state index in [1.54, 1.807) is 30.5 Å². The zero-order valence-corrected chi connectivity index (χ0v) is 14.0. The molecule has 1 amide bonds. The van der Waals surface area contributed by atoms with Gasteiger partial charge < -0.3 is 10.3 Å². The van der Waals surface area contributed by atoms with Crippen LogP contribution in [0.2, 0.25) is 5.02 Å². The minimum Gasteiger partial charge on any atom is -0.342 e. The Bertz CT molecular complexity index is 829. The zero-order valence-electron chi connectivity index (χ0n) is 13.3. The molecule has 0 aliphatic rings. The van der Waals surface area contributed by atoms with Crippen LogP contribution in [0.1, 0.15) is 35.6 Å². The van der Waals surface area contributed by atoms with Crippen LogP contribution in [0, 0.1) is 0 Å². The van der Waals surface area contributed by atoms with Crippen molar-refractivity contribution in [2.45, 2.75) is 19.4 Å². The molecule has 2 N–H and O–H groups in total. The molecule has 0 saturated carbocycles.